The number of carbonyl (C=O) groups excluding carboxylic acids is 1. The van der Waals surface area contributed by atoms with Gasteiger partial charge in [-0.1, -0.05) is 0 Å². The molecule has 1 amide bonds. The van der Waals surface area contributed by atoms with Gasteiger partial charge < -0.3 is 20.0 Å². The molecular formula is C19H28N8O. The Kier molecular flexibility index (Phi) is 6.70. The third kappa shape index (κ3) is 5.35. The van der Waals surface area contributed by atoms with Gasteiger partial charge >= 0.3 is 0 Å². The molecule has 1 saturated heterocycles. The highest BCUT2D eigenvalue weighted by Gasteiger charge is 2.22. The average Bonchev–Trinajstić information content (AvgIpc) is 2.71. The molecule has 3 rings (SSSR count). The predicted molar refractivity (Wildman–Crippen MR) is 109 cm³/mol. The maximum Gasteiger partial charge on any atom is 0.270 e. The van der Waals surface area contributed by atoms with Gasteiger partial charge in [0, 0.05) is 50.8 Å². The van der Waals surface area contributed by atoms with Crippen molar-refractivity contribution in [2.24, 2.45) is 0 Å². The predicted octanol–water partition coefficient (Wildman–Crippen LogP) is 0.583. The second-order valence-corrected chi connectivity index (χ2v) is 7.13. The summed E-state index contributed by atoms with van der Waals surface area (Å²) in [6.07, 6.45) is 4.41. The highest BCUT2D eigenvalue weighted by molar-refractivity contribution is 5.92. The molecule has 0 aliphatic carbocycles. The third-order valence-corrected chi connectivity index (χ3v) is 4.54. The van der Waals surface area contributed by atoms with Crippen molar-refractivity contribution >= 4 is 17.8 Å². The number of piperazine rings is 1. The van der Waals surface area contributed by atoms with Crippen molar-refractivity contribution in [3.63, 3.8) is 0 Å². The van der Waals surface area contributed by atoms with Crippen molar-refractivity contribution in [1.29, 1.82) is 0 Å². The van der Waals surface area contributed by atoms with E-state index in [1.54, 1.807) is 18.5 Å². The summed E-state index contributed by atoms with van der Waals surface area (Å²) in [7, 11) is 4.04. The number of hydrogen-bond donors (Lipinski definition) is 1. The standard InChI is InChI=1S/C19H28N8O/c1-15-14-16(17(28)20-8-5-9-25(2)3)24-19(23-15)27-12-10-26(11-13-27)18-21-6-4-7-22-18/h4,6-7,14H,5,8-13H2,1-3H3,(H,20,28). The van der Waals surface area contributed by atoms with Gasteiger partial charge in [0.15, 0.2) is 0 Å². The van der Waals surface area contributed by atoms with Gasteiger partial charge in [0.1, 0.15) is 5.69 Å². The van der Waals surface area contributed by atoms with Crippen LogP contribution in [-0.4, -0.2) is 84.1 Å². The first kappa shape index (κ1) is 19.9. The molecule has 2 aromatic rings. The van der Waals surface area contributed by atoms with Gasteiger partial charge in [-0.05, 0) is 46.1 Å². The van der Waals surface area contributed by atoms with Gasteiger partial charge in [-0.3, -0.25) is 4.79 Å². The summed E-state index contributed by atoms with van der Waals surface area (Å²) in [6, 6.07) is 3.55. The Bertz CT molecular complexity index is 775. The lowest BCUT2D eigenvalue weighted by Crippen LogP contribution is -2.47. The lowest BCUT2D eigenvalue weighted by Gasteiger charge is -2.34. The minimum atomic E-state index is -0.151. The van der Waals surface area contributed by atoms with Crippen LogP contribution in [0.3, 0.4) is 0 Å². The highest BCUT2D eigenvalue weighted by atomic mass is 16.1. The largest absolute Gasteiger partial charge is 0.351 e. The van der Waals surface area contributed by atoms with Crippen molar-refractivity contribution in [3.05, 3.63) is 35.9 Å². The van der Waals surface area contributed by atoms with Crippen LogP contribution in [0.15, 0.2) is 24.5 Å². The Morgan fingerprint density at radius 1 is 1.07 bits per heavy atom. The molecule has 9 heteroatoms. The molecule has 0 spiro atoms. The number of anilines is 2. The number of amides is 1. The normalized spacial score (nSPS) is 14.4. The maximum absolute atomic E-state index is 12.5. The van der Waals surface area contributed by atoms with Crippen molar-refractivity contribution < 1.29 is 4.79 Å². The van der Waals surface area contributed by atoms with Crippen molar-refractivity contribution in [2.75, 3.05) is 63.2 Å². The van der Waals surface area contributed by atoms with E-state index in [-0.39, 0.29) is 5.91 Å². The summed E-state index contributed by atoms with van der Waals surface area (Å²) in [5.41, 5.74) is 1.21. The molecule has 0 aromatic carbocycles. The van der Waals surface area contributed by atoms with E-state index < -0.39 is 0 Å². The Morgan fingerprint density at radius 2 is 1.71 bits per heavy atom. The number of aryl methyl sites for hydroxylation is 1. The first-order chi connectivity index (χ1) is 13.5. The van der Waals surface area contributed by atoms with E-state index in [1.807, 2.05) is 27.1 Å². The van der Waals surface area contributed by atoms with Crippen LogP contribution in [0.5, 0.6) is 0 Å². The molecule has 28 heavy (non-hydrogen) atoms. The summed E-state index contributed by atoms with van der Waals surface area (Å²) in [4.78, 5) is 36.5. The van der Waals surface area contributed by atoms with E-state index in [0.717, 1.165) is 50.8 Å². The van der Waals surface area contributed by atoms with Gasteiger partial charge in [-0.15, -0.1) is 0 Å². The second-order valence-electron chi connectivity index (χ2n) is 7.13. The number of nitrogens with one attached hydrogen (secondary N) is 1. The minimum Gasteiger partial charge on any atom is -0.351 e. The summed E-state index contributed by atoms with van der Waals surface area (Å²) in [5, 5.41) is 2.94. The van der Waals surface area contributed by atoms with Crippen LogP contribution < -0.4 is 15.1 Å². The molecule has 1 aliphatic heterocycles. The van der Waals surface area contributed by atoms with E-state index >= 15 is 0 Å². The van der Waals surface area contributed by atoms with Gasteiger partial charge in [0.05, 0.1) is 0 Å². The van der Waals surface area contributed by atoms with Crippen molar-refractivity contribution in [2.45, 2.75) is 13.3 Å². The number of nitrogens with zero attached hydrogens (tertiary/aromatic N) is 7. The molecule has 0 unspecified atom stereocenters. The zero-order valence-electron chi connectivity index (χ0n) is 16.8. The van der Waals surface area contributed by atoms with Crippen LogP contribution in [0, 0.1) is 6.92 Å². The molecule has 0 radical (unpaired) electrons. The lowest BCUT2D eigenvalue weighted by atomic mass is 10.3. The fourth-order valence-electron chi connectivity index (χ4n) is 3.06. The molecule has 3 heterocycles. The smallest absolute Gasteiger partial charge is 0.270 e. The minimum absolute atomic E-state index is 0.151. The van der Waals surface area contributed by atoms with E-state index in [0.29, 0.717) is 18.2 Å². The monoisotopic (exact) mass is 384 g/mol. The Hall–Kier alpha value is -2.81. The molecule has 1 N–H and O–H groups in total. The van der Waals surface area contributed by atoms with Crippen molar-refractivity contribution in [3.8, 4) is 0 Å². The van der Waals surface area contributed by atoms with Crippen molar-refractivity contribution in [1.82, 2.24) is 30.2 Å². The second kappa shape index (κ2) is 9.41. The Morgan fingerprint density at radius 3 is 2.36 bits per heavy atom. The van der Waals surface area contributed by atoms with Crippen LogP contribution >= 0.6 is 0 Å². The van der Waals surface area contributed by atoms with E-state index in [4.69, 9.17) is 0 Å². The molecule has 0 atom stereocenters. The number of aromatic nitrogens is 4. The fourth-order valence-corrected chi connectivity index (χ4v) is 3.06. The third-order valence-electron chi connectivity index (χ3n) is 4.54. The van der Waals surface area contributed by atoms with Crippen LogP contribution in [0.4, 0.5) is 11.9 Å². The lowest BCUT2D eigenvalue weighted by molar-refractivity contribution is 0.0947. The van der Waals surface area contributed by atoms with Crippen LogP contribution in [0.1, 0.15) is 22.6 Å². The SMILES string of the molecule is Cc1cc(C(=O)NCCCN(C)C)nc(N2CCN(c3ncccn3)CC2)n1. The van der Waals surface area contributed by atoms with E-state index in [9.17, 15) is 4.79 Å². The highest BCUT2D eigenvalue weighted by Crippen LogP contribution is 2.15. The van der Waals surface area contributed by atoms with Gasteiger partial charge in [0.2, 0.25) is 11.9 Å². The van der Waals surface area contributed by atoms with Crippen LogP contribution in [-0.2, 0) is 0 Å². The van der Waals surface area contributed by atoms with Gasteiger partial charge in [0.25, 0.3) is 5.91 Å². The maximum atomic E-state index is 12.5. The number of rotatable bonds is 7. The first-order valence-electron chi connectivity index (χ1n) is 9.58. The van der Waals surface area contributed by atoms with Gasteiger partial charge in [-0.25, -0.2) is 19.9 Å². The quantitative estimate of drug-likeness (QED) is 0.694. The molecule has 2 aromatic heterocycles. The molecule has 1 fully saturated rings. The Balaban J connectivity index is 1.60. The number of carbonyl (C=O) groups is 1. The zero-order valence-corrected chi connectivity index (χ0v) is 16.8. The zero-order chi connectivity index (χ0) is 19.9. The topological polar surface area (TPSA) is 90.4 Å². The molecule has 9 nitrogen and oxygen atoms in total. The molecule has 0 saturated carbocycles. The number of hydrogen-bond acceptors (Lipinski definition) is 8. The molecule has 0 bridgehead atoms. The van der Waals surface area contributed by atoms with Gasteiger partial charge in [-0.2, -0.15) is 0 Å². The fraction of sp³-hybridized carbons (Fsp3) is 0.526. The molecular weight excluding hydrogens is 356 g/mol. The Labute approximate surface area is 165 Å². The van der Waals surface area contributed by atoms with Crippen LogP contribution in [0.25, 0.3) is 0 Å². The van der Waals surface area contributed by atoms with E-state index in [1.165, 1.54) is 0 Å². The summed E-state index contributed by atoms with van der Waals surface area (Å²) in [5.74, 6) is 1.19. The average molecular weight is 384 g/mol. The molecule has 150 valence electrons. The summed E-state index contributed by atoms with van der Waals surface area (Å²) < 4.78 is 0. The van der Waals surface area contributed by atoms with Crippen LogP contribution in [0.2, 0.25) is 0 Å². The summed E-state index contributed by atoms with van der Waals surface area (Å²) >= 11 is 0. The first-order valence-corrected chi connectivity index (χ1v) is 9.58. The summed E-state index contributed by atoms with van der Waals surface area (Å²) in [6.45, 7) is 6.54. The molecule has 1 aliphatic rings. The van der Waals surface area contributed by atoms with E-state index in [2.05, 4.69) is 40.0 Å².